The summed E-state index contributed by atoms with van der Waals surface area (Å²) in [7, 11) is 0. The number of rotatable bonds is 1. The fraction of sp³-hybridized carbons (Fsp3) is 0.400. The van der Waals surface area contributed by atoms with Gasteiger partial charge in [0.05, 0.1) is 11.9 Å². The van der Waals surface area contributed by atoms with Crippen molar-refractivity contribution in [3.05, 3.63) is 18.3 Å². The van der Waals surface area contributed by atoms with Crippen molar-refractivity contribution in [2.45, 2.75) is 12.8 Å². The Balaban J connectivity index is 2.08. The number of carbonyl (C=O) groups is 1. The lowest BCUT2D eigenvalue weighted by molar-refractivity contribution is -0.119. The molecular weight excluding hydrogens is 178 g/mol. The molecule has 2 N–H and O–H groups in total. The van der Waals surface area contributed by atoms with Gasteiger partial charge in [0, 0.05) is 25.9 Å². The van der Waals surface area contributed by atoms with Gasteiger partial charge in [-0.15, -0.1) is 0 Å². The topological polar surface area (TPSA) is 59.2 Å². The molecule has 0 atom stereocenters. The fourth-order valence-corrected chi connectivity index (χ4v) is 1.60. The largest absolute Gasteiger partial charge is 0.384 e. The molecular formula is C10H13N3O. The summed E-state index contributed by atoms with van der Waals surface area (Å²) in [5, 5.41) is 0. The van der Waals surface area contributed by atoms with Crippen LogP contribution < -0.4 is 10.6 Å². The van der Waals surface area contributed by atoms with Crippen LogP contribution in [0.25, 0.3) is 0 Å². The number of piperidine rings is 1. The lowest BCUT2D eigenvalue weighted by Crippen LogP contribution is -2.33. The third kappa shape index (κ3) is 1.84. The molecule has 1 saturated heterocycles. The van der Waals surface area contributed by atoms with E-state index in [1.807, 2.05) is 6.07 Å². The fourth-order valence-electron chi connectivity index (χ4n) is 1.60. The van der Waals surface area contributed by atoms with E-state index >= 15 is 0 Å². The SMILES string of the molecule is Nc1ccc(N2CCC(=O)CC2)cn1. The van der Waals surface area contributed by atoms with E-state index in [0.717, 1.165) is 18.8 Å². The molecule has 1 aliphatic rings. The summed E-state index contributed by atoms with van der Waals surface area (Å²) in [4.78, 5) is 17.2. The lowest BCUT2D eigenvalue weighted by Gasteiger charge is -2.27. The third-order valence-electron chi connectivity index (χ3n) is 2.46. The molecule has 74 valence electrons. The number of aromatic nitrogens is 1. The van der Waals surface area contributed by atoms with Gasteiger partial charge in [-0.1, -0.05) is 0 Å². The zero-order valence-electron chi connectivity index (χ0n) is 7.94. The molecule has 4 nitrogen and oxygen atoms in total. The van der Waals surface area contributed by atoms with Crippen LogP contribution in [0, 0.1) is 0 Å². The Morgan fingerprint density at radius 2 is 2.00 bits per heavy atom. The molecule has 0 amide bonds. The Labute approximate surface area is 82.7 Å². The van der Waals surface area contributed by atoms with Crippen molar-refractivity contribution >= 4 is 17.3 Å². The Hall–Kier alpha value is -1.58. The Morgan fingerprint density at radius 3 is 2.57 bits per heavy atom. The normalized spacial score (nSPS) is 17.1. The van der Waals surface area contributed by atoms with E-state index < -0.39 is 0 Å². The van der Waals surface area contributed by atoms with Crippen LogP contribution in [0.4, 0.5) is 11.5 Å². The molecule has 14 heavy (non-hydrogen) atoms. The van der Waals surface area contributed by atoms with E-state index in [1.54, 1.807) is 12.3 Å². The summed E-state index contributed by atoms with van der Waals surface area (Å²) in [5.41, 5.74) is 6.54. The quantitative estimate of drug-likeness (QED) is 0.714. The van der Waals surface area contributed by atoms with Crippen LogP contribution in [-0.2, 0) is 4.79 Å². The molecule has 2 rings (SSSR count). The Bertz CT molecular complexity index is 324. The third-order valence-corrected chi connectivity index (χ3v) is 2.46. The number of nitrogens with two attached hydrogens (primary N) is 1. The summed E-state index contributed by atoms with van der Waals surface area (Å²) >= 11 is 0. The van der Waals surface area contributed by atoms with E-state index in [1.165, 1.54) is 0 Å². The number of ketones is 1. The molecule has 1 aromatic rings. The smallest absolute Gasteiger partial charge is 0.136 e. The van der Waals surface area contributed by atoms with Gasteiger partial charge in [0.25, 0.3) is 0 Å². The van der Waals surface area contributed by atoms with Gasteiger partial charge < -0.3 is 10.6 Å². The highest BCUT2D eigenvalue weighted by atomic mass is 16.1. The van der Waals surface area contributed by atoms with Crippen LogP contribution in [-0.4, -0.2) is 23.9 Å². The summed E-state index contributed by atoms with van der Waals surface area (Å²) in [6.07, 6.45) is 3.04. The number of nitrogen functional groups attached to an aromatic ring is 1. The standard InChI is InChI=1S/C10H13N3O/c11-10-2-1-8(7-12-10)13-5-3-9(14)4-6-13/h1-2,7H,3-6H2,(H2,11,12). The molecule has 0 spiro atoms. The van der Waals surface area contributed by atoms with Crippen LogP contribution in [0.3, 0.4) is 0 Å². The summed E-state index contributed by atoms with van der Waals surface area (Å²) < 4.78 is 0. The number of Topliss-reactive ketones (excluding diaryl/α,β-unsaturated/α-hetero) is 1. The molecule has 0 radical (unpaired) electrons. The van der Waals surface area contributed by atoms with Gasteiger partial charge in [-0.25, -0.2) is 4.98 Å². The van der Waals surface area contributed by atoms with E-state index in [0.29, 0.717) is 24.4 Å². The van der Waals surface area contributed by atoms with Gasteiger partial charge in [-0.2, -0.15) is 0 Å². The first kappa shape index (κ1) is 8.99. The molecule has 0 saturated carbocycles. The van der Waals surface area contributed by atoms with E-state index in [2.05, 4.69) is 9.88 Å². The zero-order valence-corrected chi connectivity index (χ0v) is 7.94. The molecule has 0 unspecified atom stereocenters. The van der Waals surface area contributed by atoms with Crippen molar-refractivity contribution in [2.24, 2.45) is 0 Å². The van der Waals surface area contributed by atoms with Crippen molar-refractivity contribution < 1.29 is 4.79 Å². The highest BCUT2D eigenvalue weighted by molar-refractivity contribution is 5.81. The summed E-state index contributed by atoms with van der Waals surface area (Å²) in [6.45, 7) is 1.59. The molecule has 1 fully saturated rings. The van der Waals surface area contributed by atoms with Gasteiger partial charge in [0.15, 0.2) is 0 Å². The number of nitrogens with zero attached hydrogens (tertiary/aromatic N) is 2. The lowest BCUT2D eigenvalue weighted by atomic mass is 10.1. The predicted molar refractivity (Wildman–Crippen MR) is 55.1 cm³/mol. The van der Waals surface area contributed by atoms with Crippen molar-refractivity contribution in [1.82, 2.24) is 4.98 Å². The minimum atomic E-state index is 0.352. The first-order valence-electron chi connectivity index (χ1n) is 4.74. The van der Waals surface area contributed by atoms with Gasteiger partial charge >= 0.3 is 0 Å². The van der Waals surface area contributed by atoms with Crippen molar-refractivity contribution in [3.63, 3.8) is 0 Å². The zero-order chi connectivity index (χ0) is 9.97. The summed E-state index contributed by atoms with van der Waals surface area (Å²) in [6, 6.07) is 3.73. The second kappa shape index (κ2) is 3.65. The summed E-state index contributed by atoms with van der Waals surface area (Å²) in [5.74, 6) is 0.881. The maximum atomic E-state index is 11.0. The molecule has 0 aromatic carbocycles. The maximum Gasteiger partial charge on any atom is 0.136 e. The van der Waals surface area contributed by atoms with Crippen molar-refractivity contribution in [3.8, 4) is 0 Å². The number of pyridine rings is 1. The molecule has 0 aliphatic carbocycles. The van der Waals surface area contributed by atoms with Crippen LogP contribution in [0.2, 0.25) is 0 Å². The van der Waals surface area contributed by atoms with Gasteiger partial charge in [-0.3, -0.25) is 4.79 Å². The number of carbonyl (C=O) groups excluding carboxylic acids is 1. The molecule has 4 heteroatoms. The molecule has 1 aromatic heterocycles. The minimum absolute atomic E-state index is 0.352. The Kier molecular flexibility index (Phi) is 2.35. The van der Waals surface area contributed by atoms with Gasteiger partial charge in [0.2, 0.25) is 0 Å². The number of hydrogen-bond donors (Lipinski definition) is 1. The molecule has 2 heterocycles. The predicted octanol–water partition coefficient (Wildman–Crippen LogP) is 0.833. The monoisotopic (exact) mass is 191 g/mol. The number of hydrogen-bond acceptors (Lipinski definition) is 4. The first-order valence-corrected chi connectivity index (χ1v) is 4.74. The van der Waals surface area contributed by atoms with Gasteiger partial charge in [-0.05, 0) is 12.1 Å². The van der Waals surface area contributed by atoms with Crippen LogP contribution in [0.1, 0.15) is 12.8 Å². The maximum absolute atomic E-state index is 11.0. The van der Waals surface area contributed by atoms with Crippen LogP contribution >= 0.6 is 0 Å². The second-order valence-electron chi connectivity index (χ2n) is 3.47. The number of anilines is 2. The van der Waals surface area contributed by atoms with Crippen molar-refractivity contribution in [2.75, 3.05) is 23.7 Å². The molecule has 0 bridgehead atoms. The average molecular weight is 191 g/mol. The molecule has 1 aliphatic heterocycles. The van der Waals surface area contributed by atoms with Crippen molar-refractivity contribution in [1.29, 1.82) is 0 Å². The first-order chi connectivity index (χ1) is 6.75. The Morgan fingerprint density at radius 1 is 1.29 bits per heavy atom. The van der Waals surface area contributed by atoms with E-state index in [4.69, 9.17) is 5.73 Å². The second-order valence-corrected chi connectivity index (χ2v) is 3.47. The highest BCUT2D eigenvalue weighted by Crippen LogP contribution is 2.17. The van der Waals surface area contributed by atoms with Gasteiger partial charge in [0.1, 0.15) is 11.6 Å². The highest BCUT2D eigenvalue weighted by Gasteiger charge is 2.16. The average Bonchev–Trinajstić information content (AvgIpc) is 2.21. The van der Waals surface area contributed by atoms with E-state index in [9.17, 15) is 4.79 Å². The van der Waals surface area contributed by atoms with Crippen LogP contribution in [0.5, 0.6) is 0 Å². The van der Waals surface area contributed by atoms with Crippen LogP contribution in [0.15, 0.2) is 18.3 Å². The minimum Gasteiger partial charge on any atom is -0.384 e. The van der Waals surface area contributed by atoms with E-state index in [-0.39, 0.29) is 0 Å².